The van der Waals surface area contributed by atoms with E-state index in [4.69, 9.17) is 5.11 Å². The standard InChI is InChI=1S/C10H15NO5S2/c1-10(2,14)6-11(3)18(15,16)7-4-8(9(12)13)17-5-7/h4-5,14H,6H2,1-3H3,(H,12,13). The molecule has 0 amide bonds. The third kappa shape index (κ3) is 3.52. The number of sulfonamides is 1. The largest absolute Gasteiger partial charge is 0.477 e. The second kappa shape index (κ2) is 4.96. The van der Waals surface area contributed by atoms with Crippen LogP contribution in [-0.4, -0.2) is 48.1 Å². The zero-order valence-corrected chi connectivity index (χ0v) is 11.9. The van der Waals surface area contributed by atoms with Crippen LogP contribution in [0.15, 0.2) is 16.3 Å². The maximum absolute atomic E-state index is 12.1. The average molecular weight is 293 g/mol. The number of rotatable bonds is 5. The lowest BCUT2D eigenvalue weighted by Crippen LogP contribution is -2.39. The van der Waals surface area contributed by atoms with Gasteiger partial charge in [0.1, 0.15) is 4.88 Å². The summed E-state index contributed by atoms with van der Waals surface area (Å²) in [6.07, 6.45) is 0. The molecule has 0 saturated heterocycles. The second-order valence-corrected chi connectivity index (χ2v) is 7.48. The van der Waals surface area contributed by atoms with Crippen LogP contribution >= 0.6 is 11.3 Å². The molecular weight excluding hydrogens is 278 g/mol. The fraction of sp³-hybridized carbons (Fsp3) is 0.500. The third-order valence-electron chi connectivity index (χ3n) is 2.10. The van der Waals surface area contributed by atoms with Gasteiger partial charge in [-0.3, -0.25) is 0 Å². The number of carboxylic acid groups (broad SMARTS) is 1. The SMILES string of the molecule is CN(CC(C)(C)O)S(=O)(=O)c1csc(C(=O)O)c1. The van der Waals surface area contributed by atoms with E-state index in [1.165, 1.54) is 26.3 Å². The van der Waals surface area contributed by atoms with Crippen LogP contribution < -0.4 is 0 Å². The second-order valence-electron chi connectivity index (χ2n) is 4.53. The van der Waals surface area contributed by atoms with Gasteiger partial charge in [0.2, 0.25) is 10.0 Å². The number of aromatic carboxylic acids is 1. The predicted octanol–water partition coefficient (Wildman–Crippen LogP) is 0.838. The molecule has 18 heavy (non-hydrogen) atoms. The van der Waals surface area contributed by atoms with Gasteiger partial charge in [-0.05, 0) is 19.9 Å². The van der Waals surface area contributed by atoms with Crippen molar-refractivity contribution < 1.29 is 23.4 Å². The van der Waals surface area contributed by atoms with Crippen molar-refractivity contribution in [1.29, 1.82) is 0 Å². The molecule has 102 valence electrons. The first kappa shape index (κ1) is 15.1. The summed E-state index contributed by atoms with van der Waals surface area (Å²) in [5.74, 6) is -1.16. The van der Waals surface area contributed by atoms with Crippen LogP contribution in [0.1, 0.15) is 23.5 Å². The zero-order valence-electron chi connectivity index (χ0n) is 10.2. The van der Waals surface area contributed by atoms with Crippen molar-refractivity contribution in [3.63, 3.8) is 0 Å². The van der Waals surface area contributed by atoms with Gasteiger partial charge < -0.3 is 10.2 Å². The molecule has 1 heterocycles. The molecule has 8 heteroatoms. The molecule has 6 nitrogen and oxygen atoms in total. The molecular formula is C10H15NO5S2. The van der Waals surface area contributed by atoms with Crippen molar-refractivity contribution in [3.05, 3.63) is 16.3 Å². The van der Waals surface area contributed by atoms with Crippen LogP contribution in [0.25, 0.3) is 0 Å². The Morgan fingerprint density at radius 1 is 1.50 bits per heavy atom. The lowest BCUT2D eigenvalue weighted by Gasteiger charge is -2.24. The maximum atomic E-state index is 12.1. The summed E-state index contributed by atoms with van der Waals surface area (Å²) in [6, 6.07) is 1.11. The first-order chi connectivity index (χ1) is 8.04. The number of carboxylic acids is 1. The Labute approximate surface area is 110 Å². The molecule has 0 spiro atoms. The van der Waals surface area contributed by atoms with Gasteiger partial charge in [-0.2, -0.15) is 4.31 Å². The Morgan fingerprint density at radius 3 is 2.44 bits per heavy atom. The van der Waals surface area contributed by atoms with Gasteiger partial charge in [0.25, 0.3) is 0 Å². The van der Waals surface area contributed by atoms with Crippen LogP contribution in [0.4, 0.5) is 0 Å². The van der Waals surface area contributed by atoms with Gasteiger partial charge in [-0.25, -0.2) is 13.2 Å². The summed E-state index contributed by atoms with van der Waals surface area (Å²) in [4.78, 5) is 10.6. The molecule has 0 unspecified atom stereocenters. The van der Waals surface area contributed by atoms with Crippen LogP contribution in [0.3, 0.4) is 0 Å². The van der Waals surface area contributed by atoms with E-state index in [-0.39, 0.29) is 16.3 Å². The Kier molecular flexibility index (Phi) is 4.16. The summed E-state index contributed by atoms with van der Waals surface area (Å²) in [5.41, 5.74) is -1.16. The van der Waals surface area contributed by atoms with Gasteiger partial charge in [0, 0.05) is 19.0 Å². The first-order valence-corrected chi connectivity index (χ1v) is 7.36. The fourth-order valence-corrected chi connectivity index (χ4v) is 3.80. The normalized spacial score (nSPS) is 12.9. The molecule has 0 saturated carbocycles. The van der Waals surface area contributed by atoms with Gasteiger partial charge in [-0.15, -0.1) is 11.3 Å². The number of likely N-dealkylation sites (N-methyl/N-ethyl adjacent to an activating group) is 1. The summed E-state index contributed by atoms with van der Waals surface area (Å²) < 4.78 is 25.1. The molecule has 0 aromatic carbocycles. The van der Waals surface area contributed by atoms with Gasteiger partial charge in [-0.1, -0.05) is 0 Å². The van der Waals surface area contributed by atoms with Crippen LogP contribution in [0, 0.1) is 0 Å². The highest BCUT2D eigenvalue weighted by Crippen LogP contribution is 2.23. The third-order valence-corrected chi connectivity index (χ3v) is 4.95. The average Bonchev–Trinajstić information content (AvgIpc) is 2.63. The quantitative estimate of drug-likeness (QED) is 0.838. The van der Waals surface area contributed by atoms with Crippen molar-refractivity contribution >= 4 is 27.3 Å². The summed E-state index contributed by atoms with van der Waals surface area (Å²) in [5, 5.41) is 19.6. The van der Waals surface area contributed by atoms with Crippen LogP contribution in [0.2, 0.25) is 0 Å². The Bertz CT molecular complexity index is 541. The maximum Gasteiger partial charge on any atom is 0.345 e. The van der Waals surface area contributed by atoms with E-state index < -0.39 is 21.6 Å². The van der Waals surface area contributed by atoms with Crippen molar-refractivity contribution in [1.82, 2.24) is 4.31 Å². The summed E-state index contributed by atoms with van der Waals surface area (Å²) in [6.45, 7) is 2.91. The minimum absolute atomic E-state index is 0.0368. The van der Waals surface area contributed by atoms with E-state index in [0.717, 1.165) is 21.7 Å². The number of thiophene rings is 1. The van der Waals surface area contributed by atoms with E-state index in [2.05, 4.69) is 0 Å². The number of aliphatic hydroxyl groups is 1. The van der Waals surface area contributed by atoms with E-state index in [9.17, 15) is 18.3 Å². The van der Waals surface area contributed by atoms with Crippen molar-refractivity contribution in [2.24, 2.45) is 0 Å². The molecule has 0 aliphatic heterocycles. The molecule has 1 aromatic heterocycles. The molecule has 0 bridgehead atoms. The first-order valence-electron chi connectivity index (χ1n) is 5.04. The monoisotopic (exact) mass is 293 g/mol. The van der Waals surface area contributed by atoms with Crippen LogP contribution in [0.5, 0.6) is 0 Å². The molecule has 1 aromatic rings. The molecule has 0 fully saturated rings. The number of nitrogens with zero attached hydrogens (tertiary/aromatic N) is 1. The van der Waals surface area contributed by atoms with Gasteiger partial charge in [0.05, 0.1) is 10.5 Å². The van der Waals surface area contributed by atoms with Crippen molar-refractivity contribution in [2.45, 2.75) is 24.3 Å². The molecule has 0 aliphatic rings. The predicted molar refractivity (Wildman–Crippen MR) is 67.4 cm³/mol. The van der Waals surface area contributed by atoms with Crippen LogP contribution in [-0.2, 0) is 10.0 Å². The lowest BCUT2D eigenvalue weighted by atomic mass is 10.1. The minimum Gasteiger partial charge on any atom is -0.477 e. The summed E-state index contributed by atoms with van der Waals surface area (Å²) >= 11 is 0.852. The van der Waals surface area contributed by atoms with E-state index in [1.54, 1.807) is 0 Å². The Morgan fingerprint density at radius 2 is 2.06 bits per heavy atom. The smallest absolute Gasteiger partial charge is 0.345 e. The van der Waals surface area contributed by atoms with Crippen molar-refractivity contribution in [3.8, 4) is 0 Å². The fourth-order valence-electron chi connectivity index (χ4n) is 1.38. The van der Waals surface area contributed by atoms with E-state index >= 15 is 0 Å². The highest BCUT2D eigenvalue weighted by molar-refractivity contribution is 7.89. The molecule has 1 rings (SSSR count). The minimum atomic E-state index is -3.76. The summed E-state index contributed by atoms with van der Waals surface area (Å²) in [7, 11) is -2.43. The van der Waals surface area contributed by atoms with Gasteiger partial charge in [0.15, 0.2) is 0 Å². The van der Waals surface area contributed by atoms with Crippen molar-refractivity contribution in [2.75, 3.05) is 13.6 Å². The van der Waals surface area contributed by atoms with E-state index in [1.807, 2.05) is 0 Å². The number of carbonyl (C=O) groups is 1. The Hall–Kier alpha value is -0.960. The molecule has 0 aliphatic carbocycles. The molecule has 2 N–H and O–H groups in total. The van der Waals surface area contributed by atoms with Gasteiger partial charge >= 0.3 is 5.97 Å². The lowest BCUT2D eigenvalue weighted by molar-refractivity contribution is 0.0638. The number of hydrogen-bond acceptors (Lipinski definition) is 5. The molecule has 0 radical (unpaired) electrons. The highest BCUT2D eigenvalue weighted by Gasteiger charge is 2.27. The molecule has 0 atom stereocenters. The van der Waals surface area contributed by atoms with E-state index in [0.29, 0.717) is 0 Å². The topological polar surface area (TPSA) is 94.9 Å². The number of hydrogen-bond donors (Lipinski definition) is 2. The zero-order chi connectivity index (χ0) is 14.1. The highest BCUT2D eigenvalue weighted by atomic mass is 32.2. The Balaban J connectivity index is 3.02.